The summed E-state index contributed by atoms with van der Waals surface area (Å²) in [5.74, 6) is -0.924. The van der Waals surface area contributed by atoms with Crippen LogP contribution < -0.4 is 5.73 Å². The molecule has 3 aromatic carbocycles. The number of hydrogen-bond donors (Lipinski definition) is 2. The summed E-state index contributed by atoms with van der Waals surface area (Å²) in [5, 5.41) is 2.26. The summed E-state index contributed by atoms with van der Waals surface area (Å²) < 4.78 is 5.11. The van der Waals surface area contributed by atoms with E-state index in [9.17, 15) is 9.59 Å². The first-order valence-electron chi connectivity index (χ1n) is 9.22. The summed E-state index contributed by atoms with van der Waals surface area (Å²) in [7, 11) is 0. The predicted octanol–water partition coefficient (Wildman–Crippen LogP) is 5.23. The van der Waals surface area contributed by atoms with Crippen molar-refractivity contribution in [2.75, 3.05) is 6.61 Å². The van der Waals surface area contributed by atoms with Gasteiger partial charge in [-0.3, -0.25) is 4.79 Å². The molecule has 0 fully saturated rings. The molecule has 0 unspecified atom stereocenters. The maximum atomic E-state index is 12.2. The van der Waals surface area contributed by atoms with Gasteiger partial charge in [0.25, 0.3) is 5.91 Å². The van der Waals surface area contributed by atoms with E-state index in [-0.39, 0.29) is 5.97 Å². The lowest BCUT2D eigenvalue weighted by atomic mass is 9.98. The third-order valence-corrected chi connectivity index (χ3v) is 5.40. The van der Waals surface area contributed by atoms with E-state index in [1.807, 2.05) is 31.2 Å². The zero-order valence-electron chi connectivity index (χ0n) is 16.0. The van der Waals surface area contributed by atoms with Crippen molar-refractivity contribution in [2.45, 2.75) is 13.8 Å². The van der Waals surface area contributed by atoms with E-state index in [1.165, 1.54) is 0 Å². The number of primary amides is 1. The van der Waals surface area contributed by atoms with E-state index in [1.54, 1.807) is 31.2 Å². The van der Waals surface area contributed by atoms with Crippen LogP contribution in [0.3, 0.4) is 0 Å². The number of nitrogens with two attached hydrogens (primary N) is 1. The minimum atomic E-state index is -0.535. The van der Waals surface area contributed by atoms with Gasteiger partial charge in [0.1, 0.15) is 0 Å². The number of aromatic amines is 1. The van der Waals surface area contributed by atoms with Crippen LogP contribution in [0.25, 0.3) is 32.9 Å². The number of carbonyl (C=O) groups excluding carboxylic acids is 2. The summed E-state index contributed by atoms with van der Waals surface area (Å²) in [6, 6.07) is 14.7. The fourth-order valence-electron chi connectivity index (χ4n) is 3.47. The third kappa shape index (κ3) is 3.34. The highest BCUT2D eigenvalue weighted by Crippen LogP contribution is 2.34. The fraction of sp³-hybridized carbons (Fsp3) is 0.130. The number of fused-ring (bicyclic) bond motifs is 3. The maximum absolute atomic E-state index is 12.2. The van der Waals surface area contributed by atoms with Crippen LogP contribution in [0.15, 0.2) is 48.5 Å². The second-order valence-electron chi connectivity index (χ2n) is 6.88. The first kappa shape index (κ1) is 19.0. The molecule has 29 heavy (non-hydrogen) atoms. The Balaban J connectivity index is 2.00. The van der Waals surface area contributed by atoms with Gasteiger partial charge in [-0.25, -0.2) is 4.79 Å². The molecule has 6 heteroatoms. The van der Waals surface area contributed by atoms with E-state index < -0.39 is 5.91 Å². The lowest BCUT2D eigenvalue weighted by Crippen LogP contribution is -2.11. The number of carbonyl (C=O) groups is 2. The van der Waals surface area contributed by atoms with E-state index in [0.717, 1.165) is 33.0 Å². The molecule has 0 saturated heterocycles. The van der Waals surface area contributed by atoms with E-state index in [2.05, 4.69) is 4.98 Å². The average molecular weight is 407 g/mol. The average Bonchev–Trinajstić information content (AvgIpc) is 3.07. The number of esters is 1. The van der Waals surface area contributed by atoms with Crippen molar-refractivity contribution in [2.24, 2.45) is 5.73 Å². The molecule has 0 saturated carbocycles. The van der Waals surface area contributed by atoms with Crippen LogP contribution in [0, 0.1) is 6.92 Å². The highest BCUT2D eigenvalue weighted by molar-refractivity contribution is 6.31. The summed E-state index contributed by atoms with van der Waals surface area (Å²) in [6.07, 6.45) is 0. The Bertz CT molecular complexity index is 1290. The Morgan fingerprint density at radius 1 is 1.03 bits per heavy atom. The minimum Gasteiger partial charge on any atom is -0.462 e. The predicted molar refractivity (Wildman–Crippen MR) is 115 cm³/mol. The van der Waals surface area contributed by atoms with Crippen LogP contribution in [-0.4, -0.2) is 23.5 Å². The van der Waals surface area contributed by atoms with Gasteiger partial charge in [0.15, 0.2) is 0 Å². The van der Waals surface area contributed by atoms with Gasteiger partial charge in [-0.15, -0.1) is 0 Å². The Kier molecular flexibility index (Phi) is 4.76. The molecule has 0 atom stereocenters. The quantitative estimate of drug-likeness (QED) is 0.455. The number of benzene rings is 3. The second kappa shape index (κ2) is 7.26. The van der Waals surface area contributed by atoms with Crippen LogP contribution in [-0.2, 0) is 4.74 Å². The van der Waals surface area contributed by atoms with Crippen molar-refractivity contribution in [3.8, 4) is 11.1 Å². The van der Waals surface area contributed by atoms with Crippen molar-refractivity contribution in [3.05, 3.63) is 70.2 Å². The number of nitrogens with one attached hydrogen (secondary N) is 1. The van der Waals surface area contributed by atoms with Gasteiger partial charge in [0, 0.05) is 21.3 Å². The van der Waals surface area contributed by atoms with Crippen LogP contribution >= 0.6 is 11.6 Å². The van der Waals surface area contributed by atoms with Gasteiger partial charge < -0.3 is 15.5 Å². The van der Waals surface area contributed by atoms with Crippen molar-refractivity contribution < 1.29 is 14.3 Å². The number of halogens is 1. The first-order valence-corrected chi connectivity index (χ1v) is 9.59. The molecule has 0 aliphatic rings. The number of hydrogen-bond acceptors (Lipinski definition) is 3. The molecule has 0 radical (unpaired) electrons. The maximum Gasteiger partial charge on any atom is 0.338 e. The molecule has 1 amide bonds. The summed E-state index contributed by atoms with van der Waals surface area (Å²) in [6.45, 7) is 4.00. The van der Waals surface area contributed by atoms with Gasteiger partial charge in [-0.2, -0.15) is 0 Å². The van der Waals surface area contributed by atoms with Crippen molar-refractivity contribution >= 4 is 45.3 Å². The lowest BCUT2D eigenvalue weighted by molar-refractivity contribution is 0.0526. The Hall–Kier alpha value is -3.31. The molecular weight excluding hydrogens is 388 g/mol. The first-order chi connectivity index (χ1) is 13.9. The van der Waals surface area contributed by atoms with Gasteiger partial charge in [0.2, 0.25) is 0 Å². The number of rotatable bonds is 4. The van der Waals surface area contributed by atoms with Crippen molar-refractivity contribution in [3.63, 3.8) is 0 Å². The van der Waals surface area contributed by atoms with E-state index in [0.29, 0.717) is 28.3 Å². The minimum absolute atomic E-state index is 0.301. The van der Waals surface area contributed by atoms with Gasteiger partial charge in [-0.05, 0) is 66.9 Å². The molecule has 1 heterocycles. The van der Waals surface area contributed by atoms with Crippen LogP contribution in [0.1, 0.15) is 33.2 Å². The molecular formula is C23H19ClN2O3. The van der Waals surface area contributed by atoms with Crippen LogP contribution in [0.4, 0.5) is 0 Å². The van der Waals surface area contributed by atoms with Crippen molar-refractivity contribution in [1.82, 2.24) is 4.98 Å². The molecule has 3 N–H and O–H groups in total. The van der Waals surface area contributed by atoms with Crippen LogP contribution in [0.2, 0.25) is 5.02 Å². The normalized spacial score (nSPS) is 11.1. The Morgan fingerprint density at radius 2 is 1.83 bits per heavy atom. The zero-order valence-corrected chi connectivity index (χ0v) is 16.8. The largest absolute Gasteiger partial charge is 0.462 e. The number of aromatic nitrogens is 1. The Labute approximate surface area is 172 Å². The molecule has 0 aliphatic heterocycles. The van der Waals surface area contributed by atoms with E-state index >= 15 is 0 Å². The second-order valence-corrected chi connectivity index (χ2v) is 7.29. The van der Waals surface area contributed by atoms with Crippen LogP contribution in [0.5, 0.6) is 0 Å². The third-order valence-electron chi connectivity index (χ3n) is 4.99. The number of ether oxygens (including phenoxy) is 1. The highest BCUT2D eigenvalue weighted by Gasteiger charge is 2.17. The smallest absolute Gasteiger partial charge is 0.338 e. The SMILES string of the molecule is CCOC(=O)c1ccc2[nH]c3c(C(N)=O)cc(-c4ccc(C)c(Cl)c4)cc3c2c1. The lowest BCUT2D eigenvalue weighted by Gasteiger charge is -2.08. The topological polar surface area (TPSA) is 85.2 Å². The molecule has 146 valence electrons. The number of H-pyrrole nitrogens is 1. The van der Waals surface area contributed by atoms with E-state index in [4.69, 9.17) is 22.1 Å². The molecule has 0 bridgehead atoms. The highest BCUT2D eigenvalue weighted by atomic mass is 35.5. The van der Waals surface area contributed by atoms with Gasteiger partial charge in [-0.1, -0.05) is 23.7 Å². The fourth-order valence-corrected chi connectivity index (χ4v) is 3.66. The molecule has 0 spiro atoms. The number of aryl methyl sites for hydroxylation is 1. The van der Waals surface area contributed by atoms with Gasteiger partial charge in [0.05, 0.1) is 23.3 Å². The van der Waals surface area contributed by atoms with Crippen molar-refractivity contribution in [1.29, 1.82) is 0 Å². The summed E-state index contributed by atoms with van der Waals surface area (Å²) in [5.41, 5.74) is 10.6. The summed E-state index contributed by atoms with van der Waals surface area (Å²) >= 11 is 6.29. The monoisotopic (exact) mass is 406 g/mol. The zero-order chi connectivity index (χ0) is 20.7. The molecule has 1 aromatic heterocycles. The molecule has 0 aliphatic carbocycles. The molecule has 5 nitrogen and oxygen atoms in total. The number of amides is 1. The molecule has 4 aromatic rings. The molecule has 4 rings (SSSR count). The van der Waals surface area contributed by atoms with Gasteiger partial charge >= 0.3 is 5.97 Å². The summed E-state index contributed by atoms with van der Waals surface area (Å²) in [4.78, 5) is 27.6. The Morgan fingerprint density at radius 3 is 2.52 bits per heavy atom. The standard InChI is InChI=1S/C23H19ClN2O3/c1-3-29-23(28)14-6-7-20-16(8-14)17-9-15(10-18(22(25)27)21(17)26-20)13-5-4-12(2)19(24)11-13/h4-11,26H,3H2,1-2H3,(H2,25,27).